The molecule has 0 fully saturated rings. The zero-order valence-corrected chi connectivity index (χ0v) is 13.6. The number of nitrogens with zero attached hydrogens (tertiary/aromatic N) is 1. The lowest BCUT2D eigenvalue weighted by atomic mass is 9.82. The third-order valence-electron chi connectivity index (χ3n) is 4.12. The van der Waals surface area contributed by atoms with Gasteiger partial charge in [0.05, 0.1) is 0 Å². The first-order valence-electron chi connectivity index (χ1n) is 7.22. The summed E-state index contributed by atoms with van der Waals surface area (Å²) in [6, 6.07) is 9.20. The van der Waals surface area contributed by atoms with E-state index in [4.69, 9.17) is 0 Å². The Kier molecular flexibility index (Phi) is 5.42. The highest BCUT2D eigenvalue weighted by molar-refractivity contribution is 5.46. The molecule has 2 nitrogen and oxygen atoms in total. The van der Waals surface area contributed by atoms with Crippen molar-refractivity contribution in [2.75, 3.05) is 25.5 Å². The second kappa shape index (κ2) is 6.42. The lowest BCUT2D eigenvalue weighted by molar-refractivity contribution is 0.247. The van der Waals surface area contributed by atoms with Crippen molar-refractivity contribution >= 4 is 5.69 Å². The Morgan fingerprint density at radius 3 is 2.00 bits per heavy atom. The van der Waals surface area contributed by atoms with Gasteiger partial charge < -0.3 is 10.2 Å². The SMILES string of the molecule is CC(NCC(C)C(C)(C)C)c1ccc(N(C)C)cc1. The van der Waals surface area contributed by atoms with Crippen LogP contribution in [0.2, 0.25) is 0 Å². The lowest BCUT2D eigenvalue weighted by Crippen LogP contribution is -2.31. The topological polar surface area (TPSA) is 15.3 Å². The molecule has 0 bridgehead atoms. The van der Waals surface area contributed by atoms with Gasteiger partial charge in [0.25, 0.3) is 0 Å². The van der Waals surface area contributed by atoms with E-state index in [2.05, 4.69) is 83.2 Å². The Bertz CT molecular complexity index is 373. The van der Waals surface area contributed by atoms with Gasteiger partial charge in [0.15, 0.2) is 0 Å². The van der Waals surface area contributed by atoms with Crippen LogP contribution in [0, 0.1) is 11.3 Å². The van der Waals surface area contributed by atoms with Crippen molar-refractivity contribution < 1.29 is 0 Å². The molecule has 2 atom stereocenters. The normalized spacial score (nSPS) is 15.1. The van der Waals surface area contributed by atoms with Gasteiger partial charge in [-0.25, -0.2) is 0 Å². The van der Waals surface area contributed by atoms with Gasteiger partial charge >= 0.3 is 0 Å². The summed E-state index contributed by atoms with van der Waals surface area (Å²) in [5.74, 6) is 0.663. The van der Waals surface area contributed by atoms with E-state index < -0.39 is 0 Å². The third-order valence-corrected chi connectivity index (χ3v) is 4.12. The number of hydrogen-bond acceptors (Lipinski definition) is 2. The number of nitrogens with one attached hydrogen (secondary N) is 1. The Morgan fingerprint density at radius 2 is 1.58 bits per heavy atom. The molecule has 0 radical (unpaired) electrons. The van der Waals surface area contributed by atoms with E-state index in [0.717, 1.165) is 6.54 Å². The molecule has 0 spiro atoms. The Balaban J connectivity index is 2.56. The number of anilines is 1. The summed E-state index contributed by atoms with van der Waals surface area (Å²) < 4.78 is 0. The van der Waals surface area contributed by atoms with Gasteiger partial charge in [-0.15, -0.1) is 0 Å². The molecule has 0 saturated heterocycles. The van der Waals surface area contributed by atoms with Crippen molar-refractivity contribution in [2.24, 2.45) is 11.3 Å². The van der Waals surface area contributed by atoms with Gasteiger partial charge in [0.1, 0.15) is 0 Å². The van der Waals surface area contributed by atoms with Gasteiger partial charge in [-0.1, -0.05) is 39.8 Å². The first-order chi connectivity index (χ1) is 8.71. The quantitative estimate of drug-likeness (QED) is 0.860. The van der Waals surface area contributed by atoms with E-state index in [9.17, 15) is 0 Å². The predicted molar refractivity (Wildman–Crippen MR) is 85.8 cm³/mol. The van der Waals surface area contributed by atoms with E-state index in [0.29, 0.717) is 17.4 Å². The van der Waals surface area contributed by atoms with E-state index >= 15 is 0 Å². The molecule has 19 heavy (non-hydrogen) atoms. The molecule has 2 unspecified atom stereocenters. The zero-order valence-electron chi connectivity index (χ0n) is 13.6. The van der Waals surface area contributed by atoms with Crippen molar-refractivity contribution in [3.8, 4) is 0 Å². The second-order valence-electron chi connectivity index (χ2n) is 6.88. The van der Waals surface area contributed by atoms with Crippen LogP contribution in [0.4, 0.5) is 5.69 Å². The molecule has 0 aliphatic rings. The molecule has 108 valence electrons. The first-order valence-corrected chi connectivity index (χ1v) is 7.22. The van der Waals surface area contributed by atoms with Crippen molar-refractivity contribution in [1.29, 1.82) is 0 Å². The van der Waals surface area contributed by atoms with Gasteiger partial charge in [0, 0.05) is 25.8 Å². The van der Waals surface area contributed by atoms with Crippen molar-refractivity contribution in [1.82, 2.24) is 5.32 Å². The summed E-state index contributed by atoms with van der Waals surface area (Å²) in [7, 11) is 4.14. The standard InChI is InChI=1S/C17H30N2/c1-13(17(3,4)5)12-18-14(2)15-8-10-16(11-9-15)19(6)7/h8-11,13-14,18H,12H2,1-7H3. The maximum Gasteiger partial charge on any atom is 0.0361 e. The minimum Gasteiger partial charge on any atom is -0.378 e. The molecule has 1 N–H and O–H groups in total. The highest BCUT2D eigenvalue weighted by Gasteiger charge is 2.20. The minimum atomic E-state index is 0.363. The number of benzene rings is 1. The van der Waals surface area contributed by atoms with E-state index in [-0.39, 0.29) is 0 Å². The van der Waals surface area contributed by atoms with Crippen LogP contribution >= 0.6 is 0 Å². The highest BCUT2D eigenvalue weighted by atomic mass is 15.1. The van der Waals surface area contributed by atoms with E-state index in [1.54, 1.807) is 0 Å². The smallest absolute Gasteiger partial charge is 0.0361 e. The largest absolute Gasteiger partial charge is 0.378 e. The molecule has 1 aromatic carbocycles. The van der Waals surface area contributed by atoms with Gasteiger partial charge in [0.2, 0.25) is 0 Å². The molecule has 2 heteroatoms. The molecule has 0 aromatic heterocycles. The minimum absolute atomic E-state index is 0.363. The molecular weight excluding hydrogens is 232 g/mol. The molecule has 0 heterocycles. The molecule has 0 aliphatic heterocycles. The fraction of sp³-hybridized carbons (Fsp3) is 0.647. The average Bonchev–Trinajstić information content (AvgIpc) is 2.34. The van der Waals surface area contributed by atoms with Crippen LogP contribution < -0.4 is 10.2 Å². The Hall–Kier alpha value is -1.02. The molecule has 0 saturated carbocycles. The van der Waals surface area contributed by atoms with Gasteiger partial charge in [-0.2, -0.15) is 0 Å². The van der Waals surface area contributed by atoms with Crippen LogP contribution in [0.25, 0.3) is 0 Å². The van der Waals surface area contributed by atoms with Gasteiger partial charge in [-0.3, -0.25) is 0 Å². The summed E-state index contributed by atoms with van der Waals surface area (Å²) in [4.78, 5) is 2.13. The number of rotatable bonds is 5. The zero-order chi connectivity index (χ0) is 14.6. The molecular formula is C17H30N2. The van der Waals surface area contributed by atoms with Crippen LogP contribution in [-0.2, 0) is 0 Å². The van der Waals surface area contributed by atoms with Crippen LogP contribution in [0.15, 0.2) is 24.3 Å². The fourth-order valence-corrected chi connectivity index (χ4v) is 1.84. The highest BCUT2D eigenvalue weighted by Crippen LogP contribution is 2.25. The summed E-state index contributed by atoms with van der Waals surface area (Å²) in [6.45, 7) is 12.5. The maximum absolute atomic E-state index is 3.64. The fourth-order valence-electron chi connectivity index (χ4n) is 1.84. The third kappa shape index (κ3) is 4.87. The predicted octanol–water partition coefficient (Wildman–Crippen LogP) is 4.09. The van der Waals surface area contributed by atoms with Crippen LogP contribution in [0.3, 0.4) is 0 Å². The number of hydrogen-bond donors (Lipinski definition) is 1. The lowest BCUT2D eigenvalue weighted by Gasteiger charge is -2.29. The van der Waals surface area contributed by atoms with E-state index in [1.165, 1.54) is 11.3 Å². The van der Waals surface area contributed by atoms with Crippen molar-refractivity contribution in [2.45, 2.75) is 40.7 Å². The summed E-state index contributed by atoms with van der Waals surface area (Å²) in [5, 5.41) is 3.64. The van der Waals surface area contributed by atoms with Crippen LogP contribution in [0.5, 0.6) is 0 Å². The monoisotopic (exact) mass is 262 g/mol. The summed E-state index contributed by atoms with van der Waals surface area (Å²) in [6.07, 6.45) is 0. The summed E-state index contributed by atoms with van der Waals surface area (Å²) >= 11 is 0. The van der Waals surface area contributed by atoms with Crippen LogP contribution in [-0.4, -0.2) is 20.6 Å². The van der Waals surface area contributed by atoms with Crippen molar-refractivity contribution in [3.05, 3.63) is 29.8 Å². The summed E-state index contributed by atoms with van der Waals surface area (Å²) in [5.41, 5.74) is 2.97. The van der Waals surface area contributed by atoms with Crippen molar-refractivity contribution in [3.63, 3.8) is 0 Å². The first kappa shape index (κ1) is 16.0. The molecule has 1 rings (SSSR count). The second-order valence-corrected chi connectivity index (χ2v) is 6.88. The molecule has 0 amide bonds. The molecule has 1 aromatic rings. The Morgan fingerprint density at radius 1 is 1.05 bits per heavy atom. The molecule has 0 aliphatic carbocycles. The van der Waals surface area contributed by atoms with Crippen LogP contribution in [0.1, 0.15) is 46.2 Å². The van der Waals surface area contributed by atoms with Gasteiger partial charge in [-0.05, 0) is 42.5 Å². The maximum atomic E-state index is 3.64. The van der Waals surface area contributed by atoms with E-state index in [1.807, 2.05) is 0 Å². The Labute approximate surface area is 119 Å². The average molecular weight is 262 g/mol.